The van der Waals surface area contributed by atoms with Gasteiger partial charge in [-0.3, -0.25) is 0 Å². The smallest absolute Gasteiger partial charge is 0.0388 e. The van der Waals surface area contributed by atoms with Crippen LogP contribution in [0.2, 0.25) is 0 Å². The Bertz CT molecular complexity index is 445. The number of thiophene rings is 1. The highest BCUT2D eigenvalue weighted by molar-refractivity contribution is 7.10. The zero-order valence-corrected chi connectivity index (χ0v) is 10.8. The molecule has 2 rings (SSSR count). The van der Waals surface area contributed by atoms with Gasteiger partial charge in [-0.25, -0.2) is 0 Å². The third-order valence-electron chi connectivity index (χ3n) is 2.62. The standard InChI is InChI=1S/C15H17NS/c1-13(15-10-6-12-17-15)16-11-5-9-14-7-3-2-4-8-14/h2-10,12-13,16H,11H2,1H3. The zero-order valence-electron chi connectivity index (χ0n) is 9.97. The Morgan fingerprint density at radius 2 is 2.00 bits per heavy atom. The summed E-state index contributed by atoms with van der Waals surface area (Å²) in [4.78, 5) is 1.39. The van der Waals surface area contributed by atoms with Crippen LogP contribution < -0.4 is 5.32 Å². The van der Waals surface area contributed by atoms with E-state index in [0.29, 0.717) is 6.04 Å². The van der Waals surface area contributed by atoms with Crippen LogP contribution in [0.15, 0.2) is 53.9 Å². The van der Waals surface area contributed by atoms with E-state index in [1.54, 1.807) is 11.3 Å². The van der Waals surface area contributed by atoms with Gasteiger partial charge < -0.3 is 5.32 Å². The largest absolute Gasteiger partial charge is 0.306 e. The number of nitrogens with one attached hydrogen (secondary N) is 1. The van der Waals surface area contributed by atoms with Gasteiger partial charge in [0, 0.05) is 17.5 Å². The molecule has 1 aromatic carbocycles. The summed E-state index contributed by atoms with van der Waals surface area (Å²) in [6, 6.07) is 15.1. The molecule has 1 unspecified atom stereocenters. The zero-order chi connectivity index (χ0) is 11.9. The summed E-state index contributed by atoms with van der Waals surface area (Å²) < 4.78 is 0. The van der Waals surface area contributed by atoms with E-state index in [2.05, 4.69) is 66.2 Å². The molecule has 0 amide bonds. The normalized spacial score (nSPS) is 13.0. The average Bonchev–Trinajstić information content (AvgIpc) is 2.89. The fourth-order valence-electron chi connectivity index (χ4n) is 1.64. The summed E-state index contributed by atoms with van der Waals surface area (Å²) in [7, 11) is 0. The highest BCUT2D eigenvalue weighted by Crippen LogP contribution is 2.17. The van der Waals surface area contributed by atoms with Gasteiger partial charge in [0.25, 0.3) is 0 Å². The van der Waals surface area contributed by atoms with Crippen LogP contribution in [0, 0.1) is 0 Å². The lowest BCUT2D eigenvalue weighted by atomic mass is 10.2. The van der Waals surface area contributed by atoms with Crippen molar-refractivity contribution in [1.82, 2.24) is 5.32 Å². The minimum absolute atomic E-state index is 0.426. The van der Waals surface area contributed by atoms with Crippen molar-refractivity contribution in [3.63, 3.8) is 0 Å². The van der Waals surface area contributed by atoms with E-state index in [9.17, 15) is 0 Å². The fourth-order valence-corrected chi connectivity index (χ4v) is 2.40. The average molecular weight is 243 g/mol. The molecule has 0 spiro atoms. The number of hydrogen-bond donors (Lipinski definition) is 1. The molecule has 17 heavy (non-hydrogen) atoms. The minimum Gasteiger partial charge on any atom is -0.306 e. The molecule has 0 fully saturated rings. The predicted molar refractivity (Wildman–Crippen MR) is 76.2 cm³/mol. The lowest BCUT2D eigenvalue weighted by molar-refractivity contribution is 0.628. The van der Waals surface area contributed by atoms with Gasteiger partial charge in [0.05, 0.1) is 0 Å². The number of hydrogen-bond acceptors (Lipinski definition) is 2. The first-order valence-corrected chi connectivity index (χ1v) is 6.72. The van der Waals surface area contributed by atoms with Crippen LogP contribution in [0.1, 0.15) is 23.4 Å². The van der Waals surface area contributed by atoms with Gasteiger partial charge in [0.1, 0.15) is 0 Å². The van der Waals surface area contributed by atoms with Crippen molar-refractivity contribution in [2.75, 3.05) is 6.54 Å². The molecule has 0 radical (unpaired) electrons. The van der Waals surface area contributed by atoms with Gasteiger partial charge >= 0.3 is 0 Å². The van der Waals surface area contributed by atoms with E-state index in [-0.39, 0.29) is 0 Å². The first kappa shape index (κ1) is 12.1. The second-order valence-electron chi connectivity index (χ2n) is 3.96. The van der Waals surface area contributed by atoms with Crippen molar-refractivity contribution in [2.45, 2.75) is 13.0 Å². The van der Waals surface area contributed by atoms with E-state index in [1.165, 1.54) is 10.4 Å². The molecule has 1 atom stereocenters. The van der Waals surface area contributed by atoms with Crippen LogP contribution in [-0.4, -0.2) is 6.54 Å². The third kappa shape index (κ3) is 3.84. The van der Waals surface area contributed by atoms with Gasteiger partial charge in [-0.15, -0.1) is 11.3 Å². The topological polar surface area (TPSA) is 12.0 Å². The molecular weight excluding hydrogens is 226 g/mol. The lowest BCUT2D eigenvalue weighted by Gasteiger charge is -2.09. The fraction of sp³-hybridized carbons (Fsp3) is 0.200. The molecule has 0 saturated heterocycles. The molecule has 0 aliphatic heterocycles. The quantitative estimate of drug-likeness (QED) is 0.833. The van der Waals surface area contributed by atoms with Gasteiger partial charge in [0.2, 0.25) is 0 Å². The third-order valence-corrected chi connectivity index (χ3v) is 3.68. The van der Waals surface area contributed by atoms with Gasteiger partial charge in [0.15, 0.2) is 0 Å². The van der Waals surface area contributed by atoms with Gasteiger partial charge in [-0.1, -0.05) is 48.6 Å². The maximum atomic E-state index is 3.48. The van der Waals surface area contributed by atoms with E-state index in [1.807, 2.05) is 6.07 Å². The Morgan fingerprint density at radius 1 is 1.18 bits per heavy atom. The van der Waals surface area contributed by atoms with Gasteiger partial charge in [-0.05, 0) is 23.9 Å². The van der Waals surface area contributed by atoms with E-state index in [4.69, 9.17) is 0 Å². The van der Waals surface area contributed by atoms with E-state index in [0.717, 1.165) is 6.54 Å². The van der Waals surface area contributed by atoms with Crippen molar-refractivity contribution >= 4 is 17.4 Å². The summed E-state index contributed by atoms with van der Waals surface area (Å²) in [6.45, 7) is 3.09. The Hall–Kier alpha value is -1.38. The first-order valence-electron chi connectivity index (χ1n) is 5.84. The molecule has 2 aromatic rings. The van der Waals surface area contributed by atoms with Crippen LogP contribution in [0.3, 0.4) is 0 Å². The Balaban J connectivity index is 1.78. The Labute approximate surface area is 107 Å². The molecule has 1 N–H and O–H groups in total. The maximum Gasteiger partial charge on any atom is 0.0388 e. The van der Waals surface area contributed by atoms with Crippen molar-refractivity contribution in [3.05, 3.63) is 64.4 Å². The molecule has 1 heterocycles. The number of benzene rings is 1. The molecule has 0 saturated carbocycles. The summed E-state index contributed by atoms with van der Waals surface area (Å²) in [5.41, 5.74) is 1.25. The highest BCUT2D eigenvalue weighted by Gasteiger charge is 2.02. The van der Waals surface area contributed by atoms with Crippen LogP contribution in [0.25, 0.3) is 6.08 Å². The number of rotatable bonds is 5. The Kier molecular flexibility index (Phi) is 4.54. The summed E-state index contributed by atoms with van der Waals surface area (Å²) >= 11 is 1.80. The SMILES string of the molecule is CC(NCC=Cc1ccccc1)c1cccs1. The van der Waals surface area contributed by atoms with Crippen molar-refractivity contribution in [3.8, 4) is 0 Å². The predicted octanol–water partition coefficient (Wildman–Crippen LogP) is 4.11. The van der Waals surface area contributed by atoms with Crippen LogP contribution >= 0.6 is 11.3 Å². The second kappa shape index (κ2) is 6.38. The molecule has 1 nitrogen and oxygen atoms in total. The van der Waals surface area contributed by atoms with Crippen molar-refractivity contribution in [2.24, 2.45) is 0 Å². The minimum atomic E-state index is 0.426. The van der Waals surface area contributed by atoms with E-state index < -0.39 is 0 Å². The lowest BCUT2D eigenvalue weighted by Crippen LogP contribution is -2.17. The molecule has 0 bridgehead atoms. The summed E-state index contributed by atoms with van der Waals surface area (Å²) in [5, 5.41) is 5.60. The monoisotopic (exact) mass is 243 g/mol. The molecule has 0 aliphatic carbocycles. The highest BCUT2D eigenvalue weighted by atomic mass is 32.1. The van der Waals surface area contributed by atoms with E-state index >= 15 is 0 Å². The van der Waals surface area contributed by atoms with Gasteiger partial charge in [-0.2, -0.15) is 0 Å². The molecular formula is C15H17NS. The van der Waals surface area contributed by atoms with Crippen LogP contribution in [-0.2, 0) is 0 Å². The summed E-state index contributed by atoms with van der Waals surface area (Å²) in [6.07, 6.45) is 4.31. The van der Waals surface area contributed by atoms with Crippen molar-refractivity contribution < 1.29 is 0 Å². The second-order valence-corrected chi connectivity index (χ2v) is 4.94. The van der Waals surface area contributed by atoms with Crippen LogP contribution in [0.5, 0.6) is 0 Å². The van der Waals surface area contributed by atoms with Crippen LogP contribution in [0.4, 0.5) is 0 Å². The van der Waals surface area contributed by atoms with Crippen molar-refractivity contribution in [1.29, 1.82) is 0 Å². The maximum absolute atomic E-state index is 3.48. The molecule has 88 valence electrons. The molecule has 1 aromatic heterocycles. The molecule has 0 aliphatic rings. The Morgan fingerprint density at radius 3 is 2.71 bits per heavy atom. The first-order chi connectivity index (χ1) is 8.36. The molecule has 2 heteroatoms. The summed E-state index contributed by atoms with van der Waals surface area (Å²) in [5.74, 6) is 0.